The Morgan fingerprint density at radius 1 is 1.32 bits per heavy atom. The van der Waals surface area contributed by atoms with Crippen LogP contribution in [0.3, 0.4) is 0 Å². The van der Waals surface area contributed by atoms with Crippen molar-refractivity contribution in [3.05, 3.63) is 23.8 Å². The largest absolute Gasteiger partial charge is 0.463 e. The Morgan fingerprint density at radius 3 is 2.56 bits per heavy atom. The third kappa shape index (κ3) is 4.71. The molecule has 0 aromatic carbocycles. The summed E-state index contributed by atoms with van der Waals surface area (Å²) in [5, 5.41) is 0. The van der Waals surface area contributed by atoms with Gasteiger partial charge in [0, 0.05) is 31.8 Å². The van der Waals surface area contributed by atoms with Crippen molar-refractivity contribution < 1.29 is 28.6 Å². The third-order valence-electron chi connectivity index (χ3n) is 4.77. The summed E-state index contributed by atoms with van der Waals surface area (Å²) >= 11 is 0. The van der Waals surface area contributed by atoms with E-state index in [0.717, 1.165) is 5.57 Å². The fourth-order valence-corrected chi connectivity index (χ4v) is 3.66. The average Bonchev–Trinajstić information content (AvgIpc) is 2.64. The van der Waals surface area contributed by atoms with Gasteiger partial charge in [-0.2, -0.15) is 0 Å². The van der Waals surface area contributed by atoms with Crippen molar-refractivity contribution >= 4 is 17.9 Å². The maximum Gasteiger partial charge on any atom is 0.334 e. The monoisotopic (exact) mass is 350 g/mol. The van der Waals surface area contributed by atoms with Crippen molar-refractivity contribution in [1.29, 1.82) is 0 Å². The highest BCUT2D eigenvalue weighted by Gasteiger charge is 2.41. The number of esters is 3. The minimum absolute atomic E-state index is 0.0312. The number of fused-ring (bicyclic) bond motifs is 1. The second-order valence-corrected chi connectivity index (χ2v) is 6.91. The lowest BCUT2D eigenvalue weighted by atomic mass is 9.88. The van der Waals surface area contributed by atoms with Gasteiger partial charge in [0.05, 0.1) is 0 Å². The first-order valence-corrected chi connectivity index (χ1v) is 8.63. The zero-order chi connectivity index (χ0) is 18.7. The molecule has 25 heavy (non-hydrogen) atoms. The second kappa shape index (κ2) is 7.85. The Hall–Kier alpha value is -2.11. The molecule has 2 aliphatic rings. The molecule has 0 radical (unpaired) electrons. The molecule has 2 unspecified atom stereocenters. The van der Waals surface area contributed by atoms with Crippen LogP contribution in [-0.2, 0) is 28.6 Å². The molecule has 0 N–H and O–H groups in total. The lowest BCUT2D eigenvalue weighted by Crippen LogP contribution is -2.29. The van der Waals surface area contributed by atoms with Gasteiger partial charge >= 0.3 is 17.9 Å². The molecular weight excluding hydrogens is 324 g/mol. The maximum absolute atomic E-state index is 11.7. The molecule has 5 atom stereocenters. The Bertz CT molecular complexity index is 605. The van der Waals surface area contributed by atoms with E-state index in [1.807, 2.05) is 13.0 Å². The maximum atomic E-state index is 11.7. The van der Waals surface area contributed by atoms with Gasteiger partial charge in [0.15, 0.2) is 0 Å². The molecule has 6 nitrogen and oxygen atoms in total. The van der Waals surface area contributed by atoms with Crippen molar-refractivity contribution in [2.75, 3.05) is 0 Å². The fraction of sp³-hybridized carbons (Fsp3) is 0.632. The van der Waals surface area contributed by atoms with Gasteiger partial charge in [-0.05, 0) is 31.3 Å². The Morgan fingerprint density at radius 2 is 1.96 bits per heavy atom. The van der Waals surface area contributed by atoms with Crippen LogP contribution in [0.25, 0.3) is 0 Å². The second-order valence-electron chi connectivity index (χ2n) is 6.91. The SMILES string of the molecule is C=C1C(=O)O[C@@H]2C[C@H](C)C(C(CC(C)OC(C)=O)OC(C)=O)=CC[C@H]12. The van der Waals surface area contributed by atoms with Crippen LogP contribution in [0.4, 0.5) is 0 Å². The van der Waals surface area contributed by atoms with Gasteiger partial charge < -0.3 is 14.2 Å². The van der Waals surface area contributed by atoms with E-state index < -0.39 is 6.10 Å². The zero-order valence-corrected chi connectivity index (χ0v) is 15.2. The molecule has 1 aliphatic carbocycles. The summed E-state index contributed by atoms with van der Waals surface area (Å²) in [6.07, 6.45) is 2.67. The van der Waals surface area contributed by atoms with Crippen molar-refractivity contribution in [1.82, 2.24) is 0 Å². The van der Waals surface area contributed by atoms with Crippen molar-refractivity contribution in [2.24, 2.45) is 11.8 Å². The first-order chi connectivity index (χ1) is 11.7. The summed E-state index contributed by atoms with van der Waals surface area (Å²) in [5.41, 5.74) is 1.49. The van der Waals surface area contributed by atoms with Crippen LogP contribution in [0.15, 0.2) is 23.8 Å². The van der Waals surface area contributed by atoms with Gasteiger partial charge in [0.25, 0.3) is 0 Å². The first-order valence-electron chi connectivity index (χ1n) is 8.63. The number of hydrogen-bond acceptors (Lipinski definition) is 6. The molecule has 0 amide bonds. The molecular formula is C19H26O6. The lowest BCUT2D eigenvalue weighted by Gasteiger charge is -2.27. The van der Waals surface area contributed by atoms with Crippen LogP contribution in [0.2, 0.25) is 0 Å². The number of hydrogen-bond donors (Lipinski definition) is 0. The van der Waals surface area contributed by atoms with E-state index in [1.165, 1.54) is 13.8 Å². The first kappa shape index (κ1) is 19.2. The number of allylic oxidation sites excluding steroid dienone is 1. The predicted octanol–water partition coefficient (Wildman–Crippen LogP) is 2.71. The van der Waals surface area contributed by atoms with Crippen LogP contribution in [0.5, 0.6) is 0 Å². The van der Waals surface area contributed by atoms with Crippen LogP contribution >= 0.6 is 0 Å². The van der Waals surface area contributed by atoms with E-state index >= 15 is 0 Å². The van der Waals surface area contributed by atoms with Crippen LogP contribution in [0, 0.1) is 11.8 Å². The summed E-state index contributed by atoms with van der Waals surface area (Å²) in [6, 6.07) is 0. The van der Waals surface area contributed by atoms with Gasteiger partial charge in [-0.15, -0.1) is 0 Å². The average molecular weight is 350 g/mol. The summed E-state index contributed by atoms with van der Waals surface area (Å²) in [7, 11) is 0. The molecule has 1 heterocycles. The van der Waals surface area contributed by atoms with Gasteiger partial charge in [-0.3, -0.25) is 9.59 Å². The van der Waals surface area contributed by atoms with Gasteiger partial charge in [0.1, 0.15) is 18.3 Å². The predicted molar refractivity (Wildman–Crippen MR) is 90.4 cm³/mol. The summed E-state index contributed by atoms with van der Waals surface area (Å²) in [6.45, 7) is 10.4. The normalized spacial score (nSPS) is 28.2. The standard InChI is InChI=1S/C19H26O6/c1-10-8-17-16(12(3)19(22)25-17)7-6-15(10)18(24-14(5)21)9-11(2)23-13(4)20/h6,10-11,16-18H,3,7-9H2,1-2,4-5H3/t10-,11?,16+,17+,18?/m0/s1. The van der Waals surface area contributed by atoms with E-state index in [2.05, 4.69) is 6.58 Å². The van der Waals surface area contributed by atoms with Gasteiger partial charge in [-0.1, -0.05) is 19.6 Å². The van der Waals surface area contributed by atoms with Crippen LogP contribution < -0.4 is 0 Å². The van der Waals surface area contributed by atoms with Gasteiger partial charge in [-0.25, -0.2) is 4.79 Å². The summed E-state index contributed by atoms with van der Waals surface area (Å²) < 4.78 is 16.1. The topological polar surface area (TPSA) is 78.9 Å². The fourth-order valence-electron chi connectivity index (χ4n) is 3.66. The number of ether oxygens (including phenoxy) is 3. The van der Waals surface area contributed by atoms with E-state index in [4.69, 9.17) is 14.2 Å². The van der Waals surface area contributed by atoms with Crippen LogP contribution in [-0.4, -0.2) is 36.2 Å². The molecule has 0 spiro atoms. The third-order valence-corrected chi connectivity index (χ3v) is 4.77. The van der Waals surface area contributed by atoms with E-state index in [9.17, 15) is 14.4 Å². The molecule has 0 aromatic heterocycles. The minimum Gasteiger partial charge on any atom is -0.463 e. The quantitative estimate of drug-likeness (QED) is 0.328. The molecule has 0 aromatic rings. The number of carbonyl (C=O) groups excluding carboxylic acids is 3. The van der Waals surface area contributed by atoms with E-state index in [1.54, 1.807) is 6.92 Å². The summed E-state index contributed by atoms with van der Waals surface area (Å²) in [5.74, 6) is -1.03. The highest BCUT2D eigenvalue weighted by atomic mass is 16.6. The molecule has 138 valence electrons. The molecule has 2 rings (SSSR count). The Labute approximate surface area is 148 Å². The smallest absolute Gasteiger partial charge is 0.334 e. The Kier molecular flexibility index (Phi) is 6.03. The molecule has 0 saturated carbocycles. The molecule has 1 aliphatic heterocycles. The molecule has 1 fully saturated rings. The molecule has 6 heteroatoms. The van der Waals surface area contributed by atoms with Crippen molar-refractivity contribution in [3.8, 4) is 0 Å². The lowest BCUT2D eigenvalue weighted by molar-refractivity contribution is -0.150. The van der Waals surface area contributed by atoms with Crippen molar-refractivity contribution in [2.45, 2.75) is 65.3 Å². The van der Waals surface area contributed by atoms with Gasteiger partial charge in [0.2, 0.25) is 0 Å². The van der Waals surface area contributed by atoms with Crippen LogP contribution in [0.1, 0.15) is 47.0 Å². The highest BCUT2D eigenvalue weighted by molar-refractivity contribution is 5.90. The van der Waals surface area contributed by atoms with Crippen molar-refractivity contribution in [3.63, 3.8) is 0 Å². The Balaban J connectivity index is 2.18. The minimum atomic E-state index is -0.468. The van der Waals surface area contributed by atoms with E-state index in [-0.39, 0.29) is 42.0 Å². The molecule has 1 saturated heterocycles. The molecule has 0 bridgehead atoms. The van der Waals surface area contributed by atoms with E-state index in [0.29, 0.717) is 24.8 Å². The summed E-state index contributed by atoms with van der Waals surface area (Å²) in [4.78, 5) is 34.4. The highest BCUT2D eigenvalue weighted by Crippen LogP contribution is 2.40. The number of rotatable bonds is 5. The number of carbonyl (C=O) groups is 3. The zero-order valence-electron chi connectivity index (χ0n) is 15.2.